The highest BCUT2D eigenvalue weighted by Crippen LogP contribution is 2.36. The van der Waals surface area contributed by atoms with Gasteiger partial charge in [0, 0.05) is 11.5 Å². The zero-order valence-electron chi connectivity index (χ0n) is 7.71. The van der Waals surface area contributed by atoms with Crippen LogP contribution in [0.5, 0.6) is 0 Å². The molecular formula is C10H12Cl2OS. The van der Waals surface area contributed by atoms with Crippen molar-refractivity contribution in [3.63, 3.8) is 0 Å². The molecule has 0 N–H and O–H groups in total. The van der Waals surface area contributed by atoms with Gasteiger partial charge in [-0.05, 0) is 31.4 Å². The minimum absolute atomic E-state index is 0.0344. The summed E-state index contributed by atoms with van der Waals surface area (Å²) in [5.41, 5.74) is 0. The average Bonchev–Trinajstić information content (AvgIpc) is 2.65. The van der Waals surface area contributed by atoms with Gasteiger partial charge in [-0.25, -0.2) is 0 Å². The van der Waals surface area contributed by atoms with E-state index in [0.717, 1.165) is 28.7 Å². The van der Waals surface area contributed by atoms with E-state index >= 15 is 0 Å². The van der Waals surface area contributed by atoms with Gasteiger partial charge in [-0.1, -0.05) is 11.6 Å². The molecule has 0 radical (unpaired) electrons. The number of thiophene rings is 1. The van der Waals surface area contributed by atoms with Crippen molar-refractivity contribution in [2.75, 3.05) is 6.61 Å². The number of hydrogen-bond donors (Lipinski definition) is 0. The quantitative estimate of drug-likeness (QED) is 0.714. The fourth-order valence-electron chi connectivity index (χ4n) is 1.66. The number of alkyl halides is 1. The molecule has 2 rings (SSSR count). The highest BCUT2D eigenvalue weighted by atomic mass is 35.5. The normalized spacial score (nSPS) is 24.9. The summed E-state index contributed by atoms with van der Waals surface area (Å²) in [6, 6.07) is 3.88. The number of ether oxygens (including phenoxy) is 1. The van der Waals surface area contributed by atoms with E-state index in [4.69, 9.17) is 27.9 Å². The van der Waals surface area contributed by atoms with Gasteiger partial charge in [0.25, 0.3) is 0 Å². The van der Waals surface area contributed by atoms with Crippen molar-refractivity contribution in [1.29, 1.82) is 0 Å². The van der Waals surface area contributed by atoms with Crippen molar-refractivity contribution >= 4 is 34.5 Å². The monoisotopic (exact) mass is 250 g/mol. The van der Waals surface area contributed by atoms with Gasteiger partial charge < -0.3 is 4.74 Å². The Bertz CT molecular complexity index is 294. The van der Waals surface area contributed by atoms with E-state index in [1.807, 2.05) is 12.1 Å². The van der Waals surface area contributed by atoms with Gasteiger partial charge in [-0.2, -0.15) is 0 Å². The summed E-state index contributed by atoms with van der Waals surface area (Å²) >= 11 is 13.7. The van der Waals surface area contributed by atoms with Crippen LogP contribution in [0.2, 0.25) is 4.34 Å². The average molecular weight is 251 g/mol. The first-order valence-electron chi connectivity index (χ1n) is 4.78. The van der Waals surface area contributed by atoms with Crippen LogP contribution in [0.25, 0.3) is 0 Å². The lowest BCUT2D eigenvalue weighted by molar-refractivity contribution is 0.0141. The molecule has 0 amide bonds. The molecule has 0 spiro atoms. The molecule has 1 aliphatic rings. The third-order valence-corrected chi connectivity index (χ3v) is 4.37. The van der Waals surface area contributed by atoms with Crippen LogP contribution in [0.1, 0.15) is 29.5 Å². The molecule has 1 fully saturated rings. The Hall–Kier alpha value is 0.240. The van der Waals surface area contributed by atoms with Crippen LogP contribution in [0, 0.1) is 0 Å². The van der Waals surface area contributed by atoms with Crippen molar-refractivity contribution in [2.24, 2.45) is 0 Å². The highest BCUT2D eigenvalue weighted by molar-refractivity contribution is 7.16. The Morgan fingerprint density at radius 3 is 2.86 bits per heavy atom. The topological polar surface area (TPSA) is 9.23 Å². The molecule has 1 aromatic heterocycles. The Balaban J connectivity index is 2.03. The fourth-order valence-corrected chi connectivity index (χ4v) is 3.15. The number of halogens is 2. The van der Waals surface area contributed by atoms with Crippen molar-refractivity contribution in [3.05, 3.63) is 21.3 Å². The van der Waals surface area contributed by atoms with Crippen LogP contribution < -0.4 is 0 Å². The largest absolute Gasteiger partial charge is 0.376 e. The summed E-state index contributed by atoms with van der Waals surface area (Å²) in [7, 11) is 0. The predicted molar refractivity (Wildman–Crippen MR) is 61.5 cm³/mol. The molecule has 0 aliphatic carbocycles. The van der Waals surface area contributed by atoms with Gasteiger partial charge in [0.15, 0.2) is 0 Å². The first-order valence-corrected chi connectivity index (χ1v) is 6.41. The molecule has 14 heavy (non-hydrogen) atoms. The molecular weight excluding hydrogens is 239 g/mol. The fraction of sp³-hybridized carbons (Fsp3) is 0.600. The summed E-state index contributed by atoms with van der Waals surface area (Å²) in [4.78, 5) is 1.11. The third kappa shape index (κ3) is 2.43. The second-order valence-electron chi connectivity index (χ2n) is 3.45. The smallest absolute Gasteiger partial charge is 0.0940 e. The van der Waals surface area contributed by atoms with E-state index < -0.39 is 0 Å². The summed E-state index contributed by atoms with van der Waals surface area (Å²) < 4.78 is 6.43. The summed E-state index contributed by atoms with van der Waals surface area (Å²) in [6.45, 7) is 0.840. The van der Waals surface area contributed by atoms with Crippen LogP contribution >= 0.6 is 34.5 Å². The third-order valence-electron chi connectivity index (χ3n) is 2.41. The predicted octanol–water partition coefficient (Wildman–Crippen LogP) is 4.25. The first-order chi connectivity index (χ1) is 6.77. The maximum absolute atomic E-state index is 6.33. The molecule has 0 saturated carbocycles. The Morgan fingerprint density at radius 1 is 1.43 bits per heavy atom. The summed E-state index contributed by atoms with van der Waals surface area (Å²) in [5.74, 6) is 0. The minimum atomic E-state index is -0.0344. The second kappa shape index (κ2) is 4.84. The summed E-state index contributed by atoms with van der Waals surface area (Å²) in [5, 5.41) is -0.0344. The molecule has 1 aliphatic heterocycles. The van der Waals surface area contributed by atoms with Gasteiger partial charge in [-0.15, -0.1) is 22.9 Å². The molecule has 2 heterocycles. The molecule has 2 atom stereocenters. The van der Waals surface area contributed by atoms with E-state index in [0.29, 0.717) is 0 Å². The van der Waals surface area contributed by atoms with Crippen LogP contribution in [-0.4, -0.2) is 12.7 Å². The summed E-state index contributed by atoms with van der Waals surface area (Å²) in [6.07, 6.45) is 3.60. The Morgan fingerprint density at radius 2 is 2.29 bits per heavy atom. The van der Waals surface area contributed by atoms with Crippen molar-refractivity contribution < 1.29 is 4.74 Å². The molecule has 2 unspecified atom stereocenters. The Kier molecular flexibility index (Phi) is 3.72. The maximum Gasteiger partial charge on any atom is 0.0940 e. The number of hydrogen-bond acceptors (Lipinski definition) is 2. The van der Waals surface area contributed by atoms with Crippen LogP contribution in [0.4, 0.5) is 0 Å². The van der Waals surface area contributed by atoms with Gasteiger partial charge in [0.2, 0.25) is 0 Å². The van der Waals surface area contributed by atoms with Gasteiger partial charge in [0.1, 0.15) is 0 Å². The lowest BCUT2D eigenvalue weighted by Gasteiger charge is -2.25. The van der Waals surface area contributed by atoms with Crippen molar-refractivity contribution in [1.82, 2.24) is 0 Å². The van der Waals surface area contributed by atoms with Crippen molar-refractivity contribution in [2.45, 2.75) is 30.7 Å². The minimum Gasteiger partial charge on any atom is -0.376 e. The van der Waals surface area contributed by atoms with E-state index in [1.165, 1.54) is 6.42 Å². The van der Waals surface area contributed by atoms with E-state index in [1.54, 1.807) is 11.3 Å². The molecule has 1 nitrogen and oxygen atoms in total. The van der Waals surface area contributed by atoms with Crippen LogP contribution in [-0.2, 0) is 4.74 Å². The van der Waals surface area contributed by atoms with E-state index in [-0.39, 0.29) is 11.5 Å². The molecule has 4 heteroatoms. The lowest BCUT2D eigenvalue weighted by Crippen LogP contribution is -2.23. The van der Waals surface area contributed by atoms with Gasteiger partial charge in [0.05, 0.1) is 15.8 Å². The molecule has 0 aromatic carbocycles. The van der Waals surface area contributed by atoms with E-state index in [2.05, 4.69) is 0 Å². The second-order valence-corrected chi connectivity index (χ2v) is 5.67. The van der Waals surface area contributed by atoms with Crippen LogP contribution in [0.3, 0.4) is 0 Å². The maximum atomic E-state index is 6.33. The SMILES string of the molecule is Clc1ccc(C(Cl)C2CCCCO2)s1. The zero-order valence-corrected chi connectivity index (χ0v) is 10.0. The van der Waals surface area contributed by atoms with E-state index in [9.17, 15) is 0 Å². The molecule has 78 valence electrons. The zero-order chi connectivity index (χ0) is 9.97. The van der Waals surface area contributed by atoms with Gasteiger partial charge in [-0.3, -0.25) is 0 Å². The molecule has 1 aromatic rings. The highest BCUT2D eigenvalue weighted by Gasteiger charge is 2.25. The van der Waals surface area contributed by atoms with Gasteiger partial charge >= 0.3 is 0 Å². The van der Waals surface area contributed by atoms with Crippen LogP contribution in [0.15, 0.2) is 12.1 Å². The molecule has 1 saturated heterocycles. The lowest BCUT2D eigenvalue weighted by atomic mass is 10.1. The standard InChI is InChI=1S/C10H12Cl2OS/c11-9-5-4-8(14-9)10(12)7-3-1-2-6-13-7/h4-5,7,10H,1-3,6H2. The number of rotatable bonds is 2. The molecule has 0 bridgehead atoms. The first kappa shape index (κ1) is 10.7. The Labute approximate surface area is 98.0 Å². The van der Waals surface area contributed by atoms with Crippen molar-refractivity contribution in [3.8, 4) is 0 Å².